The van der Waals surface area contributed by atoms with E-state index in [2.05, 4.69) is 28.3 Å². The highest BCUT2D eigenvalue weighted by Gasteiger charge is 2.21. The van der Waals surface area contributed by atoms with Crippen LogP contribution in [0.15, 0.2) is 18.2 Å². The molecule has 0 saturated heterocycles. The maximum absolute atomic E-state index is 14.0. The van der Waals surface area contributed by atoms with E-state index in [1.807, 2.05) is 20.2 Å². The molecule has 1 atom stereocenters. The van der Waals surface area contributed by atoms with E-state index >= 15 is 0 Å². The lowest BCUT2D eigenvalue weighted by atomic mass is 10.0. The predicted octanol–water partition coefficient (Wildman–Crippen LogP) is 4.06. The number of halogens is 2. The largest absolute Gasteiger partial charge is 0.322 e. The van der Waals surface area contributed by atoms with Crippen molar-refractivity contribution in [1.29, 1.82) is 0 Å². The van der Waals surface area contributed by atoms with Crippen LogP contribution in [0.2, 0.25) is 0 Å². The predicted molar refractivity (Wildman–Crippen MR) is 86.3 cm³/mol. The van der Waals surface area contributed by atoms with Gasteiger partial charge in [-0.15, -0.1) is 11.6 Å². The maximum atomic E-state index is 14.0. The van der Waals surface area contributed by atoms with Gasteiger partial charge >= 0.3 is 0 Å². The monoisotopic (exact) mass is 311 g/mol. The minimum absolute atomic E-state index is 0.237. The van der Waals surface area contributed by atoms with Crippen molar-refractivity contribution in [2.75, 3.05) is 20.6 Å². The number of para-hydroxylation sites is 1. The fourth-order valence-electron chi connectivity index (χ4n) is 2.86. The lowest BCUT2D eigenvalue weighted by Crippen LogP contribution is -2.26. The Bertz CT molecular complexity index is 597. The van der Waals surface area contributed by atoms with Crippen LogP contribution in [0.1, 0.15) is 32.1 Å². The average molecular weight is 312 g/mol. The molecule has 0 saturated carbocycles. The van der Waals surface area contributed by atoms with Gasteiger partial charge in [-0.05, 0) is 38.6 Å². The number of hydrogen-bond acceptors (Lipinski definition) is 2. The van der Waals surface area contributed by atoms with Crippen molar-refractivity contribution in [3.63, 3.8) is 0 Å². The van der Waals surface area contributed by atoms with Crippen LogP contribution in [0.4, 0.5) is 4.39 Å². The highest BCUT2D eigenvalue weighted by molar-refractivity contribution is 6.16. The highest BCUT2D eigenvalue weighted by Crippen LogP contribution is 2.28. The van der Waals surface area contributed by atoms with Crippen LogP contribution >= 0.6 is 11.6 Å². The molecule has 1 heterocycles. The zero-order valence-electron chi connectivity index (χ0n) is 13.1. The third-order valence-corrected chi connectivity index (χ3v) is 3.79. The Labute approximate surface area is 130 Å². The first-order chi connectivity index (χ1) is 9.93. The topological polar surface area (TPSA) is 21.1 Å². The van der Waals surface area contributed by atoms with E-state index in [0.29, 0.717) is 11.4 Å². The van der Waals surface area contributed by atoms with Crippen LogP contribution in [0, 0.1) is 11.7 Å². The molecule has 0 aliphatic rings. The third kappa shape index (κ3) is 3.55. The molecular formula is C16H23ClFN3. The number of hydrogen-bond donors (Lipinski definition) is 0. The van der Waals surface area contributed by atoms with Crippen LogP contribution in [-0.2, 0) is 5.88 Å². The lowest BCUT2D eigenvalue weighted by Gasteiger charge is -2.26. The van der Waals surface area contributed by atoms with Gasteiger partial charge in [-0.2, -0.15) is 0 Å². The molecule has 3 nitrogen and oxygen atoms in total. The number of alkyl halides is 1. The highest BCUT2D eigenvalue weighted by atomic mass is 35.5. The number of benzene rings is 1. The van der Waals surface area contributed by atoms with Gasteiger partial charge in [0.05, 0.1) is 11.4 Å². The fourth-order valence-corrected chi connectivity index (χ4v) is 3.05. The van der Waals surface area contributed by atoms with E-state index in [4.69, 9.17) is 11.6 Å². The summed E-state index contributed by atoms with van der Waals surface area (Å²) in [5.41, 5.74) is 1.25. The molecule has 0 aliphatic carbocycles. The minimum atomic E-state index is -0.286. The van der Waals surface area contributed by atoms with Crippen molar-refractivity contribution in [1.82, 2.24) is 14.5 Å². The quantitative estimate of drug-likeness (QED) is 0.750. The average Bonchev–Trinajstić information content (AvgIpc) is 2.76. The molecule has 0 radical (unpaired) electrons. The zero-order chi connectivity index (χ0) is 15.6. The van der Waals surface area contributed by atoms with Gasteiger partial charge in [-0.25, -0.2) is 9.37 Å². The molecule has 5 heteroatoms. The lowest BCUT2D eigenvalue weighted by molar-refractivity contribution is 0.289. The summed E-state index contributed by atoms with van der Waals surface area (Å²) in [5.74, 6) is 1.29. The van der Waals surface area contributed by atoms with Gasteiger partial charge in [0.2, 0.25) is 0 Å². The molecule has 1 aromatic heterocycles. The summed E-state index contributed by atoms with van der Waals surface area (Å²) in [4.78, 5) is 6.55. The Morgan fingerprint density at radius 3 is 2.62 bits per heavy atom. The molecule has 21 heavy (non-hydrogen) atoms. The number of fused-ring (bicyclic) bond motifs is 1. The van der Waals surface area contributed by atoms with Gasteiger partial charge in [0.15, 0.2) is 5.82 Å². The second kappa shape index (κ2) is 6.75. The van der Waals surface area contributed by atoms with Crippen molar-refractivity contribution in [2.45, 2.75) is 32.2 Å². The molecule has 0 bridgehead atoms. The molecule has 0 spiro atoms. The molecule has 2 aromatic rings. The van der Waals surface area contributed by atoms with Gasteiger partial charge < -0.3 is 9.47 Å². The van der Waals surface area contributed by atoms with Crippen LogP contribution in [0.25, 0.3) is 11.0 Å². The molecular weight excluding hydrogens is 289 g/mol. The van der Waals surface area contributed by atoms with Gasteiger partial charge in [-0.3, -0.25) is 0 Å². The van der Waals surface area contributed by atoms with Crippen molar-refractivity contribution in [2.24, 2.45) is 5.92 Å². The summed E-state index contributed by atoms with van der Waals surface area (Å²) in [6.07, 6.45) is 1.00. The molecule has 1 aromatic carbocycles. The normalized spacial score (nSPS) is 13.5. The Morgan fingerprint density at radius 1 is 1.33 bits per heavy atom. The van der Waals surface area contributed by atoms with Crippen LogP contribution in [-0.4, -0.2) is 35.1 Å². The van der Waals surface area contributed by atoms with Gasteiger partial charge in [0.25, 0.3) is 0 Å². The number of aromatic nitrogens is 2. The van der Waals surface area contributed by atoms with E-state index in [1.165, 1.54) is 6.07 Å². The van der Waals surface area contributed by atoms with Crippen LogP contribution in [0.5, 0.6) is 0 Å². The molecule has 0 aliphatic heterocycles. The summed E-state index contributed by atoms with van der Waals surface area (Å²) < 4.78 is 16.1. The molecule has 116 valence electrons. The van der Waals surface area contributed by atoms with E-state index in [9.17, 15) is 4.39 Å². The Morgan fingerprint density at radius 2 is 2.05 bits per heavy atom. The smallest absolute Gasteiger partial charge is 0.151 e. The molecule has 2 rings (SSSR count). The van der Waals surface area contributed by atoms with Crippen molar-refractivity contribution >= 4 is 22.6 Å². The molecule has 1 unspecified atom stereocenters. The van der Waals surface area contributed by atoms with E-state index in [1.54, 1.807) is 6.07 Å². The molecule has 0 amide bonds. The summed E-state index contributed by atoms with van der Waals surface area (Å²) >= 11 is 6.05. The van der Waals surface area contributed by atoms with Crippen LogP contribution in [0.3, 0.4) is 0 Å². The Hall–Kier alpha value is -1.13. The second-order valence-corrected chi connectivity index (χ2v) is 6.45. The SMILES string of the molecule is CC(C)CC(CN(C)C)n1c(CCl)nc2c(F)cccc21. The Balaban J connectivity index is 2.56. The van der Waals surface area contributed by atoms with Gasteiger partial charge in [-0.1, -0.05) is 19.9 Å². The van der Waals surface area contributed by atoms with E-state index in [0.717, 1.165) is 24.3 Å². The fraction of sp³-hybridized carbons (Fsp3) is 0.562. The standard InChI is InChI=1S/C16H23ClFN3/c1-11(2)8-12(10-20(3)4)21-14-7-5-6-13(18)16(14)19-15(21)9-17/h5-7,11-12H,8-10H2,1-4H3. The van der Waals surface area contributed by atoms with E-state index in [-0.39, 0.29) is 17.7 Å². The van der Waals surface area contributed by atoms with Gasteiger partial charge in [0.1, 0.15) is 11.3 Å². The minimum Gasteiger partial charge on any atom is -0.322 e. The van der Waals surface area contributed by atoms with Crippen molar-refractivity contribution in [3.8, 4) is 0 Å². The van der Waals surface area contributed by atoms with Crippen molar-refractivity contribution in [3.05, 3.63) is 29.8 Å². The van der Waals surface area contributed by atoms with Gasteiger partial charge in [0, 0.05) is 12.6 Å². The van der Waals surface area contributed by atoms with E-state index < -0.39 is 0 Å². The van der Waals surface area contributed by atoms with Crippen molar-refractivity contribution < 1.29 is 4.39 Å². The molecule has 0 fully saturated rings. The van der Waals surface area contributed by atoms with Crippen LogP contribution < -0.4 is 0 Å². The third-order valence-electron chi connectivity index (χ3n) is 3.55. The summed E-state index contributed by atoms with van der Waals surface area (Å²) in [6.45, 7) is 5.27. The summed E-state index contributed by atoms with van der Waals surface area (Å²) in [7, 11) is 4.10. The second-order valence-electron chi connectivity index (χ2n) is 6.18. The maximum Gasteiger partial charge on any atom is 0.151 e. The number of rotatable bonds is 6. The summed E-state index contributed by atoms with van der Waals surface area (Å²) in [6, 6.07) is 5.34. The first-order valence-corrected chi connectivity index (χ1v) is 7.83. The molecule has 0 N–H and O–H groups in total. The number of imidazole rings is 1. The first kappa shape index (κ1) is 16.2. The first-order valence-electron chi connectivity index (χ1n) is 7.30. The Kier molecular flexibility index (Phi) is 5.22. The zero-order valence-corrected chi connectivity index (χ0v) is 13.9. The summed E-state index contributed by atoms with van der Waals surface area (Å²) in [5, 5.41) is 0. The number of nitrogens with zero attached hydrogens (tertiary/aromatic N) is 3. The number of likely N-dealkylation sites (N-methyl/N-ethyl adjacent to an activating group) is 1.